The van der Waals surface area contributed by atoms with Crippen LogP contribution in [0.25, 0.3) is 0 Å². The molecule has 1 aromatic rings. The molecule has 1 aliphatic carbocycles. The maximum absolute atomic E-state index is 12.2. The number of nitriles is 1. The average molecular weight is 285 g/mol. The summed E-state index contributed by atoms with van der Waals surface area (Å²) in [5.74, 6) is -0.510. The van der Waals surface area contributed by atoms with E-state index in [0.29, 0.717) is 17.9 Å². The molecule has 1 fully saturated rings. The molecule has 1 aliphatic rings. The van der Waals surface area contributed by atoms with E-state index in [9.17, 15) is 9.59 Å². The van der Waals surface area contributed by atoms with Crippen molar-refractivity contribution in [2.75, 3.05) is 0 Å². The summed E-state index contributed by atoms with van der Waals surface area (Å²) in [6, 6.07) is 8.67. The Hall–Kier alpha value is -2.15. The third-order valence-electron chi connectivity index (χ3n) is 4.27. The van der Waals surface area contributed by atoms with Crippen molar-refractivity contribution in [3.8, 4) is 6.07 Å². The minimum absolute atomic E-state index is 0.0793. The maximum Gasteiger partial charge on any atom is 0.336 e. The molecule has 0 bridgehead atoms. The number of carbonyl (C=O) groups excluding carboxylic acids is 1. The normalized spacial score (nSPS) is 21.5. The Balaban J connectivity index is 1.91. The van der Waals surface area contributed by atoms with Gasteiger partial charge in [-0.25, -0.2) is 4.79 Å². The van der Waals surface area contributed by atoms with E-state index in [1.165, 1.54) is 6.07 Å². The van der Waals surface area contributed by atoms with Crippen LogP contribution in [0.2, 0.25) is 0 Å². The van der Waals surface area contributed by atoms with Crippen molar-refractivity contribution in [2.45, 2.75) is 38.5 Å². The molecule has 0 heterocycles. The Labute approximate surface area is 124 Å². The Kier molecular flexibility index (Phi) is 5.10. The summed E-state index contributed by atoms with van der Waals surface area (Å²) in [6.07, 6.45) is 4.98. The largest absolute Gasteiger partial charge is 0.478 e. The fourth-order valence-corrected chi connectivity index (χ4v) is 2.96. The summed E-state index contributed by atoms with van der Waals surface area (Å²) in [7, 11) is 0. The van der Waals surface area contributed by atoms with Gasteiger partial charge in [0.25, 0.3) is 0 Å². The van der Waals surface area contributed by atoms with Crippen LogP contribution >= 0.6 is 0 Å². The number of carboxylic acids is 1. The van der Waals surface area contributed by atoms with Crippen molar-refractivity contribution in [3.05, 3.63) is 35.4 Å². The highest BCUT2D eigenvalue weighted by Gasteiger charge is 2.22. The highest BCUT2D eigenvalue weighted by Crippen LogP contribution is 2.31. The van der Waals surface area contributed by atoms with Crippen LogP contribution in [-0.2, 0) is 0 Å². The van der Waals surface area contributed by atoms with Gasteiger partial charge < -0.3 is 5.11 Å². The van der Waals surface area contributed by atoms with Crippen LogP contribution in [0.4, 0.5) is 0 Å². The first-order chi connectivity index (χ1) is 10.1. The van der Waals surface area contributed by atoms with Crippen molar-refractivity contribution in [1.29, 1.82) is 5.26 Å². The number of nitrogens with zero attached hydrogens (tertiary/aromatic N) is 1. The molecule has 0 atom stereocenters. The minimum Gasteiger partial charge on any atom is -0.478 e. The van der Waals surface area contributed by atoms with Crippen LogP contribution in [0.3, 0.4) is 0 Å². The number of carboxylic acid groups (broad SMARTS) is 1. The third kappa shape index (κ3) is 3.91. The van der Waals surface area contributed by atoms with Gasteiger partial charge in [-0.2, -0.15) is 5.26 Å². The first-order valence-electron chi connectivity index (χ1n) is 7.37. The highest BCUT2D eigenvalue weighted by molar-refractivity contribution is 6.05. The van der Waals surface area contributed by atoms with Gasteiger partial charge in [0.05, 0.1) is 11.6 Å². The first kappa shape index (κ1) is 15.2. The second-order valence-corrected chi connectivity index (χ2v) is 5.66. The number of Topliss-reactive ketones (excluding diaryl/α,β-unsaturated/α-hetero) is 1. The quantitative estimate of drug-likeness (QED) is 0.837. The summed E-state index contributed by atoms with van der Waals surface area (Å²) in [4.78, 5) is 23.3. The van der Waals surface area contributed by atoms with E-state index < -0.39 is 5.97 Å². The Morgan fingerprint density at radius 1 is 1.14 bits per heavy atom. The SMILES string of the molecule is N#CC1CCC(CCC(=O)c2ccccc2C(=O)O)CC1. The van der Waals surface area contributed by atoms with Crippen LogP contribution in [-0.4, -0.2) is 16.9 Å². The minimum atomic E-state index is -1.06. The number of benzene rings is 1. The third-order valence-corrected chi connectivity index (χ3v) is 4.27. The summed E-state index contributed by atoms with van der Waals surface area (Å²) < 4.78 is 0. The van der Waals surface area contributed by atoms with Gasteiger partial charge in [-0.1, -0.05) is 18.2 Å². The average Bonchev–Trinajstić information content (AvgIpc) is 2.53. The predicted octanol–water partition coefficient (Wildman–Crippen LogP) is 3.68. The molecular weight excluding hydrogens is 266 g/mol. The topological polar surface area (TPSA) is 78.2 Å². The van der Waals surface area contributed by atoms with E-state index in [0.717, 1.165) is 32.1 Å². The molecule has 1 N–H and O–H groups in total. The van der Waals surface area contributed by atoms with Gasteiger partial charge in [0, 0.05) is 17.9 Å². The van der Waals surface area contributed by atoms with Crippen molar-refractivity contribution >= 4 is 11.8 Å². The fourth-order valence-electron chi connectivity index (χ4n) is 2.96. The van der Waals surface area contributed by atoms with Crippen molar-refractivity contribution in [3.63, 3.8) is 0 Å². The van der Waals surface area contributed by atoms with Gasteiger partial charge in [-0.05, 0) is 44.1 Å². The molecule has 2 rings (SSSR count). The number of hydrogen-bond donors (Lipinski definition) is 1. The first-order valence-corrected chi connectivity index (χ1v) is 7.37. The smallest absolute Gasteiger partial charge is 0.336 e. The molecule has 0 amide bonds. The van der Waals surface area contributed by atoms with Crippen molar-refractivity contribution in [2.24, 2.45) is 11.8 Å². The predicted molar refractivity (Wildman–Crippen MR) is 78.0 cm³/mol. The van der Waals surface area contributed by atoms with Crippen LogP contribution in [0.15, 0.2) is 24.3 Å². The molecule has 1 aromatic carbocycles. The zero-order chi connectivity index (χ0) is 15.2. The van der Waals surface area contributed by atoms with Crippen LogP contribution in [0.5, 0.6) is 0 Å². The standard InChI is InChI=1S/C17H19NO3/c18-11-13-7-5-12(6-8-13)9-10-16(19)14-3-1-2-4-15(14)17(20)21/h1-4,12-13H,5-10H2,(H,20,21). The van der Waals surface area contributed by atoms with E-state index in [-0.39, 0.29) is 17.3 Å². The van der Waals surface area contributed by atoms with Crippen molar-refractivity contribution in [1.82, 2.24) is 0 Å². The zero-order valence-electron chi connectivity index (χ0n) is 11.9. The summed E-state index contributed by atoms with van der Waals surface area (Å²) >= 11 is 0. The second kappa shape index (κ2) is 7.03. The Morgan fingerprint density at radius 3 is 2.33 bits per heavy atom. The molecule has 4 nitrogen and oxygen atoms in total. The van der Waals surface area contributed by atoms with Gasteiger partial charge in [0.15, 0.2) is 5.78 Å². The molecule has 0 saturated heterocycles. The van der Waals surface area contributed by atoms with Crippen molar-refractivity contribution < 1.29 is 14.7 Å². The monoisotopic (exact) mass is 285 g/mol. The molecule has 21 heavy (non-hydrogen) atoms. The van der Waals surface area contributed by atoms with Crippen LogP contribution < -0.4 is 0 Å². The highest BCUT2D eigenvalue weighted by atomic mass is 16.4. The summed E-state index contributed by atoms with van der Waals surface area (Å²) in [5.41, 5.74) is 0.381. The molecule has 0 radical (unpaired) electrons. The van der Waals surface area contributed by atoms with E-state index in [2.05, 4.69) is 6.07 Å². The lowest BCUT2D eigenvalue weighted by Gasteiger charge is -2.24. The molecule has 0 aromatic heterocycles. The van der Waals surface area contributed by atoms with Crippen LogP contribution in [0.1, 0.15) is 59.2 Å². The van der Waals surface area contributed by atoms with E-state index in [1.807, 2.05) is 0 Å². The summed E-state index contributed by atoms with van der Waals surface area (Å²) in [6.45, 7) is 0. The number of carbonyl (C=O) groups is 2. The number of hydrogen-bond acceptors (Lipinski definition) is 3. The van der Waals surface area contributed by atoms with Gasteiger partial charge in [0.2, 0.25) is 0 Å². The maximum atomic E-state index is 12.2. The van der Waals surface area contributed by atoms with E-state index in [4.69, 9.17) is 10.4 Å². The lowest BCUT2D eigenvalue weighted by molar-refractivity contribution is 0.0691. The fraction of sp³-hybridized carbons (Fsp3) is 0.471. The molecule has 0 unspecified atom stereocenters. The molecule has 110 valence electrons. The second-order valence-electron chi connectivity index (χ2n) is 5.66. The summed E-state index contributed by atoms with van der Waals surface area (Å²) in [5, 5.41) is 18.0. The number of ketones is 1. The van der Waals surface area contributed by atoms with Gasteiger partial charge >= 0.3 is 5.97 Å². The van der Waals surface area contributed by atoms with Gasteiger partial charge in [-0.15, -0.1) is 0 Å². The lowest BCUT2D eigenvalue weighted by atomic mass is 9.80. The number of rotatable bonds is 5. The Bertz CT molecular complexity index is 566. The number of aromatic carboxylic acids is 1. The molecule has 4 heteroatoms. The molecule has 1 saturated carbocycles. The van der Waals surface area contributed by atoms with Gasteiger partial charge in [-0.3, -0.25) is 4.79 Å². The van der Waals surface area contributed by atoms with Gasteiger partial charge in [0.1, 0.15) is 0 Å². The molecule has 0 aliphatic heterocycles. The van der Waals surface area contributed by atoms with E-state index >= 15 is 0 Å². The molecule has 0 spiro atoms. The molecular formula is C17H19NO3. The lowest BCUT2D eigenvalue weighted by Crippen LogP contribution is -2.15. The zero-order valence-corrected chi connectivity index (χ0v) is 11.9. The Morgan fingerprint density at radius 2 is 1.76 bits per heavy atom. The van der Waals surface area contributed by atoms with Crippen LogP contribution in [0, 0.1) is 23.2 Å². The van der Waals surface area contributed by atoms with E-state index in [1.54, 1.807) is 18.2 Å².